The van der Waals surface area contributed by atoms with Crippen LogP contribution in [0, 0.1) is 0 Å². The molecule has 17 heavy (non-hydrogen) atoms. The number of nitrogens with zero attached hydrogens (tertiary/aromatic N) is 2. The number of carbonyl (C=O) groups excluding carboxylic acids is 1. The van der Waals surface area contributed by atoms with E-state index in [-0.39, 0.29) is 5.91 Å². The Kier molecular flexibility index (Phi) is 10.1. The Labute approximate surface area is 105 Å². The van der Waals surface area contributed by atoms with Gasteiger partial charge in [-0.2, -0.15) is 0 Å². The van der Waals surface area contributed by atoms with Gasteiger partial charge in [0.1, 0.15) is 0 Å². The van der Waals surface area contributed by atoms with Gasteiger partial charge in [-0.3, -0.25) is 4.79 Å². The molecule has 0 saturated carbocycles. The zero-order chi connectivity index (χ0) is 13.1. The van der Waals surface area contributed by atoms with E-state index in [1.165, 1.54) is 0 Å². The van der Waals surface area contributed by atoms with Crippen LogP contribution >= 0.6 is 0 Å². The maximum atomic E-state index is 11.7. The Balaban J connectivity index is 3.60. The van der Waals surface area contributed by atoms with Gasteiger partial charge in [-0.15, -0.1) is 0 Å². The van der Waals surface area contributed by atoms with Gasteiger partial charge in [0.2, 0.25) is 5.91 Å². The summed E-state index contributed by atoms with van der Waals surface area (Å²) in [7, 11) is 3.84. The Morgan fingerprint density at radius 3 is 2.53 bits per heavy atom. The quantitative estimate of drug-likeness (QED) is 0.557. The third-order valence-electron chi connectivity index (χ3n) is 2.65. The molecule has 0 unspecified atom stereocenters. The minimum Gasteiger partial charge on any atom is -0.380 e. The second-order valence-electron chi connectivity index (χ2n) is 4.21. The molecule has 0 saturated heterocycles. The molecular weight excluding hydrogens is 218 g/mol. The van der Waals surface area contributed by atoms with Gasteiger partial charge in [-0.25, -0.2) is 0 Å². The first-order chi connectivity index (χ1) is 8.11. The molecule has 5 heteroatoms. The zero-order valence-corrected chi connectivity index (χ0v) is 11.4. The predicted octanol–water partition coefficient (Wildman–Crippen LogP) is 0.152. The summed E-state index contributed by atoms with van der Waals surface area (Å²) in [6, 6.07) is 0. The van der Waals surface area contributed by atoms with Gasteiger partial charge >= 0.3 is 0 Å². The smallest absolute Gasteiger partial charge is 0.223 e. The van der Waals surface area contributed by atoms with E-state index in [4.69, 9.17) is 10.5 Å². The lowest BCUT2D eigenvalue weighted by molar-refractivity contribution is -0.130. The summed E-state index contributed by atoms with van der Waals surface area (Å²) in [6.07, 6.45) is 1.42. The van der Waals surface area contributed by atoms with Crippen molar-refractivity contribution in [1.29, 1.82) is 0 Å². The largest absolute Gasteiger partial charge is 0.380 e. The fraction of sp³-hybridized carbons (Fsp3) is 0.917. The lowest BCUT2D eigenvalue weighted by Crippen LogP contribution is -2.33. The third-order valence-corrected chi connectivity index (χ3v) is 2.65. The van der Waals surface area contributed by atoms with Crippen molar-refractivity contribution in [3.8, 4) is 0 Å². The van der Waals surface area contributed by atoms with Crippen molar-refractivity contribution < 1.29 is 9.53 Å². The average molecular weight is 245 g/mol. The molecule has 2 N–H and O–H groups in total. The van der Waals surface area contributed by atoms with E-state index in [0.29, 0.717) is 13.0 Å². The SMILES string of the molecule is CCOCCN(C)CCC(=O)N(C)CCCN. The summed E-state index contributed by atoms with van der Waals surface area (Å²) in [6.45, 7) is 6.48. The molecule has 0 aromatic heterocycles. The molecule has 5 nitrogen and oxygen atoms in total. The molecule has 0 aromatic carbocycles. The molecule has 0 aliphatic carbocycles. The van der Waals surface area contributed by atoms with Crippen molar-refractivity contribution in [3.63, 3.8) is 0 Å². The number of carbonyl (C=O) groups is 1. The van der Waals surface area contributed by atoms with Gasteiger partial charge in [0.05, 0.1) is 6.61 Å². The monoisotopic (exact) mass is 245 g/mol. The Hall–Kier alpha value is -0.650. The van der Waals surface area contributed by atoms with Crippen molar-refractivity contribution in [1.82, 2.24) is 9.80 Å². The molecule has 102 valence electrons. The van der Waals surface area contributed by atoms with Crippen LogP contribution in [0.15, 0.2) is 0 Å². The fourth-order valence-electron chi connectivity index (χ4n) is 1.41. The van der Waals surface area contributed by atoms with Crippen LogP contribution in [0.5, 0.6) is 0 Å². The molecule has 0 bridgehead atoms. The van der Waals surface area contributed by atoms with E-state index in [9.17, 15) is 4.79 Å². The molecule has 0 atom stereocenters. The molecule has 0 rings (SSSR count). The number of likely N-dealkylation sites (N-methyl/N-ethyl adjacent to an activating group) is 1. The van der Waals surface area contributed by atoms with Crippen molar-refractivity contribution in [2.45, 2.75) is 19.8 Å². The maximum Gasteiger partial charge on any atom is 0.223 e. The Morgan fingerprint density at radius 2 is 1.94 bits per heavy atom. The third kappa shape index (κ3) is 9.09. The van der Waals surface area contributed by atoms with Gasteiger partial charge in [0.15, 0.2) is 0 Å². The lowest BCUT2D eigenvalue weighted by atomic mass is 10.3. The first kappa shape index (κ1) is 16.4. The summed E-state index contributed by atoms with van der Waals surface area (Å²) in [5.41, 5.74) is 5.41. The van der Waals surface area contributed by atoms with E-state index in [1.54, 1.807) is 4.90 Å². The van der Waals surface area contributed by atoms with Crippen LogP contribution in [-0.4, -0.2) is 69.2 Å². The summed E-state index contributed by atoms with van der Waals surface area (Å²) in [5.74, 6) is 0.182. The van der Waals surface area contributed by atoms with E-state index < -0.39 is 0 Å². The number of ether oxygens (including phenoxy) is 1. The van der Waals surface area contributed by atoms with E-state index in [1.807, 2.05) is 21.0 Å². The van der Waals surface area contributed by atoms with Gasteiger partial charge in [-0.1, -0.05) is 0 Å². The molecule has 0 spiro atoms. The number of amides is 1. The molecule has 0 radical (unpaired) electrons. The van der Waals surface area contributed by atoms with E-state index in [0.717, 1.165) is 39.3 Å². The van der Waals surface area contributed by atoms with Crippen LogP contribution < -0.4 is 5.73 Å². The first-order valence-corrected chi connectivity index (χ1v) is 6.32. The standard InChI is InChI=1S/C12H27N3O2/c1-4-17-11-10-14(2)9-6-12(16)15(3)8-5-7-13/h4-11,13H2,1-3H3. The Morgan fingerprint density at radius 1 is 1.24 bits per heavy atom. The van der Waals surface area contributed by atoms with Crippen molar-refractivity contribution in [3.05, 3.63) is 0 Å². The van der Waals surface area contributed by atoms with Crippen molar-refractivity contribution in [2.24, 2.45) is 5.73 Å². The fourth-order valence-corrected chi connectivity index (χ4v) is 1.41. The summed E-state index contributed by atoms with van der Waals surface area (Å²) < 4.78 is 5.26. The van der Waals surface area contributed by atoms with Crippen LogP contribution in [0.3, 0.4) is 0 Å². The lowest BCUT2D eigenvalue weighted by Gasteiger charge is -2.20. The summed E-state index contributed by atoms with van der Waals surface area (Å²) in [5, 5.41) is 0. The Bertz CT molecular complexity index is 200. The zero-order valence-electron chi connectivity index (χ0n) is 11.4. The maximum absolute atomic E-state index is 11.7. The minimum absolute atomic E-state index is 0.182. The van der Waals surface area contributed by atoms with Gasteiger partial charge in [-0.05, 0) is 26.9 Å². The highest BCUT2D eigenvalue weighted by atomic mass is 16.5. The van der Waals surface area contributed by atoms with Crippen molar-refractivity contribution in [2.75, 3.05) is 53.5 Å². The first-order valence-electron chi connectivity index (χ1n) is 6.32. The molecular formula is C12H27N3O2. The van der Waals surface area contributed by atoms with Crippen LogP contribution in [-0.2, 0) is 9.53 Å². The van der Waals surface area contributed by atoms with Crippen LogP contribution in [0.25, 0.3) is 0 Å². The minimum atomic E-state index is 0.182. The summed E-state index contributed by atoms with van der Waals surface area (Å²) in [4.78, 5) is 15.6. The molecule has 0 aliphatic heterocycles. The van der Waals surface area contributed by atoms with Crippen LogP contribution in [0.2, 0.25) is 0 Å². The summed E-state index contributed by atoms with van der Waals surface area (Å²) >= 11 is 0. The van der Waals surface area contributed by atoms with Crippen molar-refractivity contribution >= 4 is 5.91 Å². The highest BCUT2D eigenvalue weighted by Gasteiger charge is 2.09. The molecule has 1 amide bonds. The van der Waals surface area contributed by atoms with Gasteiger partial charge in [0.25, 0.3) is 0 Å². The normalized spacial score (nSPS) is 10.9. The second kappa shape index (κ2) is 10.5. The highest BCUT2D eigenvalue weighted by Crippen LogP contribution is 1.95. The topological polar surface area (TPSA) is 58.8 Å². The predicted molar refractivity (Wildman–Crippen MR) is 69.9 cm³/mol. The average Bonchev–Trinajstić information content (AvgIpc) is 2.33. The van der Waals surface area contributed by atoms with Crippen LogP contribution in [0.4, 0.5) is 0 Å². The molecule has 0 heterocycles. The van der Waals surface area contributed by atoms with Crippen LogP contribution in [0.1, 0.15) is 19.8 Å². The number of hydrogen-bond donors (Lipinski definition) is 1. The van der Waals surface area contributed by atoms with E-state index in [2.05, 4.69) is 4.90 Å². The van der Waals surface area contributed by atoms with Gasteiger partial charge < -0.3 is 20.3 Å². The van der Waals surface area contributed by atoms with E-state index >= 15 is 0 Å². The van der Waals surface area contributed by atoms with Gasteiger partial charge in [0, 0.05) is 39.7 Å². The molecule has 0 aliphatic rings. The molecule has 0 fully saturated rings. The highest BCUT2D eigenvalue weighted by molar-refractivity contribution is 5.76. The molecule has 0 aromatic rings. The number of hydrogen-bond acceptors (Lipinski definition) is 4. The number of nitrogens with two attached hydrogens (primary N) is 1. The second-order valence-corrected chi connectivity index (χ2v) is 4.21. The number of rotatable bonds is 10.